The standard InChI is InChI=1S/C17H14Cl2O2/c1-11(17(20)21)10-16(12-2-6-14(18)7-3-12)13-4-8-15(19)9-5-13/h2-11H,1H3,(H,20,21). The summed E-state index contributed by atoms with van der Waals surface area (Å²) in [7, 11) is 0. The van der Waals surface area contributed by atoms with Crippen molar-refractivity contribution in [3.8, 4) is 0 Å². The zero-order valence-electron chi connectivity index (χ0n) is 11.4. The van der Waals surface area contributed by atoms with Gasteiger partial charge in [-0.3, -0.25) is 4.79 Å². The van der Waals surface area contributed by atoms with Crippen molar-refractivity contribution in [2.24, 2.45) is 5.92 Å². The van der Waals surface area contributed by atoms with E-state index in [2.05, 4.69) is 0 Å². The van der Waals surface area contributed by atoms with Gasteiger partial charge < -0.3 is 5.11 Å². The van der Waals surface area contributed by atoms with Crippen LogP contribution in [0.1, 0.15) is 18.1 Å². The Balaban J connectivity index is 2.51. The summed E-state index contributed by atoms with van der Waals surface area (Å²) in [6.07, 6.45) is 1.73. The predicted molar refractivity (Wildman–Crippen MR) is 86.8 cm³/mol. The molecule has 0 aliphatic carbocycles. The molecule has 0 amide bonds. The molecule has 0 aliphatic rings. The van der Waals surface area contributed by atoms with E-state index in [1.165, 1.54) is 0 Å². The van der Waals surface area contributed by atoms with Crippen molar-refractivity contribution in [3.05, 3.63) is 75.8 Å². The highest BCUT2D eigenvalue weighted by molar-refractivity contribution is 6.31. The molecule has 0 bridgehead atoms. The SMILES string of the molecule is CC(C=C(c1ccc(Cl)cc1)c1ccc(Cl)cc1)C(=O)O. The number of rotatable bonds is 4. The lowest BCUT2D eigenvalue weighted by atomic mass is 9.94. The summed E-state index contributed by atoms with van der Waals surface area (Å²) >= 11 is 11.8. The monoisotopic (exact) mass is 320 g/mol. The van der Waals surface area contributed by atoms with Crippen molar-refractivity contribution >= 4 is 34.7 Å². The normalized spacial score (nSPS) is 11.8. The van der Waals surface area contributed by atoms with Gasteiger partial charge in [-0.05, 0) is 47.9 Å². The van der Waals surface area contributed by atoms with Crippen molar-refractivity contribution < 1.29 is 9.90 Å². The van der Waals surface area contributed by atoms with Crippen molar-refractivity contribution in [2.45, 2.75) is 6.92 Å². The largest absolute Gasteiger partial charge is 0.481 e. The molecule has 2 rings (SSSR count). The minimum Gasteiger partial charge on any atom is -0.481 e. The second kappa shape index (κ2) is 6.79. The third-order valence-corrected chi connectivity index (χ3v) is 3.62. The number of hydrogen-bond donors (Lipinski definition) is 1. The summed E-state index contributed by atoms with van der Waals surface area (Å²) in [6.45, 7) is 1.65. The van der Waals surface area contributed by atoms with Gasteiger partial charge in [0.15, 0.2) is 0 Å². The molecule has 0 radical (unpaired) electrons. The zero-order valence-corrected chi connectivity index (χ0v) is 12.9. The Hall–Kier alpha value is -1.77. The maximum absolute atomic E-state index is 11.1. The molecule has 2 aromatic carbocycles. The second-order valence-electron chi connectivity index (χ2n) is 4.72. The molecule has 2 aromatic rings. The van der Waals surface area contributed by atoms with Gasteiger partial charge in [0, 0.05) is 10.0 Å². The van der Waals surface area contributed by atoms with Crippen LogP contribution in [0, 0.1) is 5.92 Å². The minimum atomic E-state index is -0.865. The predicted octanol–water partition coefficient (Wildman–Crippen LogP) is 5.15. The van der Waals surface area contributed by atoms with E-state index in [1.54, 1.807) is 37.3 Å². The van der Waals surface area contributed by atoms with Crippen molar-refractivity contribution in [1.82, 2.24) is 0 Å². The first-order valence-corrected chi connectivity index (χ1v) is 7.19. The number of hydrogen-bond acceptors (Lipinski definition) is 1. The van der Waals surface area contributed by atoms with E-state index < -0.39 is 11.9 Å². The van der Waals surface area contributed by atoms with E-state index in [4.69, 9.17) is 28.3 Å². The van der Waals surface area contributed by atoms with E-state index in [9.17, 15) is 4.79 Å². The van der Waals surface area contributed by atoms with Gasteiger partial charge in [0.25, 0.3) is 0 Å². The van der Waals surface area contributed by atoms with Gasteiger partial charge in [0.1, 0.15) is 0 Å². The molecule has 0 spiro atoms. The van der Waals surface area contributed by atoms with Crippen LogP contribution in [-0.4, -0.2) is 11.1 Å². The Morgan fingerprint density at radius 3 is 1.67 bits per heavy atom. The molecular formula is C17H14Cl2O2. The summed E-state index contributed by atoms with van der Waals surface area (Å²) in [5, 5.41) is 10.4. The molecule has 0 heterocycles. The van der Waals surface area contributed by atoms with Crippen LogP contribution in [0.15, 0.2) is 54.6 Å². The van der Waals surface area contributed by atoms with Gasteiger partial charge in [0.2, 0.25) is 0 Å². The molecule has 0 aliphatic heterocycles. The Bertz CT molecular complexity index is 611. The summed E-state index contributed by atoms with van der Waals surface area (Å²) in [6, 6.07) is 14.6. The molecular weight excluding hydrogens is 307 g/mol. The smallest absolute Gasteiger partial charge is 0.310 e. The molecule has 1 atom stereocenters. The first-order valence-electron chi connectivity index (χ1n) is 6.44. The number of carboxylic acids is 1. The maximum Gasteiger partial charge on any atom is 0.310 e. The first-order chi connectivity index (χ1) is 9.97. The van der Waals surface area contributed by atoms with Crippen molar-refractivity contribution in [1.29, 1.82) is 0 Å². The van der Waals surface area contributed by atoms with Gasteiger partial charge in [-0.2, -0.15) is 0 Å². The average molecular weight is 321 g/mol. The van der Waals surface area contributed by atoms with Crippen molar-refractivity contribution in [2.75, 3.05) is 0 Å². The van der Waals surface area contributed by atoms with E-state index in [1.807, 2.05) is 24.3 Å². The van der Waals surface area contributed by atoms with Gasteiger partial charge >= 0.3 is 5.97 Å². The first kappa shape index (κ1) is 15.6. The third kappa shape index (κ3) is 4.10. The molecule has 0 aromatic heterocycles. The topological polar surface area (TPSA) is 37.3 Å². The van der Waals surface area contributed by atoms with E-state index in [0.29, 0.717) is 10.0 Å². The molecule has 0 saturated heterocycles. The zero-order chi connectivity index (χ0) is 15.4. The lowest BCUT2D eigenvalue weighted by Gasteiger charge is -2.11. The van der Waals surface area contributed by atoms with Gasteiger partial charge in [-0.25, -0.2) is 0 Å². The van der Waals surface area contributed by atoms with Crippen LogP contribution in [-0.2, 0) is 4.79 Å². The molecule has 1 N–H and O–H groups in total. The number of aliphatic carboxylic acids is 1. The fourth-order valence-corrected chi connectivity index (χ4v) is 2.19. The van der Waals surface area contributed by atoms with Crippen LogP contribution in [0.2, 0.25) is 10.0 Å². The van der Waals surface area contributed by atoms with Crippen LogP contribution in [0.4, 0.5) is 0 Å². The molecule has 0 saturated carbocycles. The third-order valence-electron chi connectivity index (χ3n) is 3.12. The number of carboxylic acid groups (broad SMARTS) is 1. The number of benzene rings is 2. The van der Waals surface area contributed by atoms with Crippen molar-refractivity contribution in [3.63, 3.8) is 0 Å². The van der Waals surface area contributed by atoms with Crippen LogP contribution < -0.4 is 0 Å². The Morgan fingerprint density at radius 1 is 0.952 bits per heavy atom. The number of carbonyl (C=O) groups is 1. The molecule has 0 fully saturated rings. The van der Waals surface area contributed by atoms with Gasteiger partial charge in [0.05, 0.1) is 5.92 Å². The van der Waals surface area contributed by atoms with Crippen LogP contribution in [0.5, 0.6) is 0 Å². The fourth-order valence-electron chi connectivity index (χ4n) is 1.94. The van der Waals surface area contributed by atoms with E-state index in [0.717, 1.165) is 16.7 Å². The van der Waals surface area contributed by atoms with Crippen LogP contribution >= 0.6 is 23.2 Å². The lowest BCUT2D eigenvalue weighted by Crippen LogP contribution is -2.07. The quantitative estimate of drug-likeness (QED) is 0.846. The summed E-state index contributed by atoms with van der Waals surface area (Å²) < 4.78 is 0. The van der Waals surface area contributed by atoms with Gasteiger partial charge in [-0.1, -0.05) is 53.5 Å². The molecule has 108 valence electrons. The number of halogens is 2. The Kier molecular flexibility index (Phi) is 5.05. The summed E-state index contributed by atoms with van der Waals surface area (Å²) in [5.74, 6) is -1.46. The maximum atomic E-state index is 11.1. The summed E-state index contributed by atoms with van der Waals surface area (Å²) in [4.78, 5) is 11.1. The highest BCUT2D eigenvalue weighted by Crippen LogP contribution is 2.27. The van der Waals surface area contributed by atoms with E-state index >= 15 is 0 Å². The Labute approximate surface area is 133 Å². The summed E-state index contributed by atoms with van der Waals surface area (Å²) in [5.41, 5.74) is 2.67. The highest BCUT2D eigenvalue weighted by Gasteiger charge is 2.12. The molecule has 1 unspecified atom stereocenters. The average Bonchev–Trinajstić information content (AvgIpc) is 2.46. The highest BCUT2D eigenvalue weighted by atomic mass is 35.5. The van der Waals surface area contributed by atoms with Crippen LogP contribution in [0.3, 0.4) is 0 Å². The second-order valence-corrected chi connectivity index (χ2v) is 5.59. The molecule has 21 heavy (non-hydrogen) atoms. The van der Waals surface area contributed by atoms with Gasteiger partial charge in [-0.15, -0.1) is 0 Å². The van der Waals surface area contributed by atoms with E-state index in [-0.39, 0.29) is 0 Å². The Morgan fingerprint density at radius 2 is 1.33 bits per heavy atom. The molecule has 2 nitrogen and oxygen atoms in total. The lowest BCUT2D eigenvalue weighted by molar-refractivity contribution is -0.139. The minimum absolute atomic E-state index is 0.591. The fraction of sp³-hybridized carbons (Fsp3) is 0.118. The van der Waals surface area contributed by atoms with Crippen LogP contribution in [0.25, 0.3) is 5.57 Å². The molecule has 4 heteroatoms.